The Kier molecular flexibility index (Phi) is 3.90. The van der Waals surface area contributed by atoms with Gasteiger partial charge in [0.05, 0.1) is 5.69 Å². The zero-order valence-corrected chi connectivity index (χ0v) is 12.3. The first kappa shape index (κ1) is 13.6. The zero-order valence-electron chi connectivity index (χ0n) is 10.7. The van der Waals surface area contributed by atoms with Crippen LogP contribution in [0, 0.1) is 13.8 Å². The lowest BCUT2D eigenvalue weighted by atomic mass is 10.0. The monoisotopic (exact) mass is 322 g/mol. The number of nitrogens with one attached hydrogen (secondary N) is 2. The minimum absolute atomic E-state index is 0.435. The molecule has 1 heterocycles. The van der Waals surface area contributed by atoms with Gasteiger partial charge in [0, 0.05) is 21.4 Å². The van der Waals surface area contributed by atoms with Gasteiger partial charge in [0.15, 0.2) is 0 Å². The Morgan fingerprint density at radius 2 is 2.00 bits per heavy atom. The van der Waals surface area contributed by atoms with Crippen molar-refractivity contribution in [2.24, 2.45) is 5.73 Å². The predicted molar refractivity (Wildman–Crippen MR) is 77.8 cm³/mol. The summed E-state index contributed by atoms with van der Waals surface area (Å²) in [7, 11) is 0. The summed E-state index contributed by atoms with van der Waals surface area (Å²) in [5.41, 5.74) is 8.73. The third-order valence-electron chi connectivity index (χ3n) is 2.91. The summed E-state index contributed by atoms with van der Waals surface area (Å²) in [4.78, 5) is 11.7. The molecule has 2 aromatic rings. The number of halogens is 1. The smallest absolute Gasteiger partial charge is 0.244 e. The number of rotatable bonds is 4. The number of carbonyl (C=O) groups is 1. The van der Waals surface area contributed by atoms with Gasteiger partial charge in [-0.2, -0.15) is 5.10 Å². The van der Waals surface area contributed by atoms with Crippen LogP contribution < -0.4 is 11.1 Å². The molecule has 1 atom stereocenters. The number of H-pyrrole nitrogens is 1. The number of benzene rings is 1. The fourth-order valence-corrected chi connectivity index (χ4v) is 2.25. The largest absolute Gasteiger partial charge is 0.370 e. The van der Waals surface area contributed by atoms with Crippen LogP contribution in [0.15, 0.2) is 28.7 Å². The normalized spacial score (nSPS) is 12.2. The second kappa shape index (κ2) is 5.44. The average Bonchev–Trinajstić information content (AvgIpc) is 2.68. The van der Waals surface area contributed by atoms with Crippen molar-refractivity contribution in [2.45, 2.75) is 19.9 Å². The molecule has 0 spiro atoms. The van der Waals surface area contributed by atoms with Crippen molar-refractivity contribution >= 4 is 27.5 Å². The standard InChI is InChI=1S/C13H15BrN4O/c1-7-11(8(2)18-17-7)12(13(15)19)16-10-5-3-9(14)4-6-10/h3-6,12,16H,1-2H3,(H2,15,19)(H,17,18). The molecule has 100 valence electrons. The molecule has 1 aromatic heterocycles. The number of anilines is 1. The number of hydrogen-bond donors (Lipinski definition) is 3. The summed E-state index contributed by atoms with van der Waals surface area (Å²) in [5.74, 6) is -0.435. The van der Waals surface area contributed by atoms with Crippen molar-refractivity contribution in [3.63, 3.8) is 0 Å². The predicted octanol–water partition coefficient (Wildman–Crippen LogP) is 2.43. The first-order chi connectivity index (χ1) is 8.99. The summed E-state index contributed by atoms with van der Waals surface area (Å²) in [6, 6.07) is 6.96. The van der Waals surface area contributed by atoms with Crippen LogP contribution in [-0.2, 0) is 4.79 Å². The SMILES string of the molecule is Cc1n[nH]c(C)c1C(Nc1ccc(Br)cc1)C(N)=O. The molecule has 0 aliphatic rings. The molecule has 0 fully saturated rings. The van der Waals surface area contributed by atoms with Crippen LogP contribution in [0.4, 0.5) is 5.69 Å². The Labute approximate surface area is 119 Å². The van der Waals surface area contributed by atoms with Gasteiger partial charge >= 0.3 is 0 Å². The van der Waals surface area contributed by atoms with Crippen LogP contribution in [0.3, 0.4) is 0 Å². The van der Waals surface area contributed by atoms with E-state index in [0.29, 0.717) is 0 Å². The van der Waals surface area contributed by atoms with Crippen LogP contribution in [0.1, 0.15) is 23.0 Å². The highest BCUT2D eigenvalue weighted by Gasteiger charge is 2.23. The quantitative estimate of drug-likeness (QED) is 0.808. The van der Waals surface area contributed by atoms with E-state index in [1.165, 1.54) is 0 Å². The molecule has 1 unspecified atom stereocenters. The van der Waals surface area contributed by atoms with Crippen molar-refractivity contribution < 1.29 is 4.79 Å². The molecule has 0 saturated heterocycles. The van der Waals surface area contributed by atoms with Crippen LogP contribution in [0.5, 0.6) is 0 Å². The molecule has 0 aliphatic heterocycles. The molecule has 1 amide bonds. The third-order valence-corrected chi connectivity index (χ3v) is 3.44. The lowest BCUT2D eigenvalue weighted by Crippen LogP contribution is -2.28. The van der Waals surface area contributed by atoms with Crippen molar-refractivity contribution in [1.29, 1.82) is 0 Å². The van der Waals surface area contributed by atoms with Gasteiger partial charge in [-0.15, -0.1) is 0 Å². The van der Waals surface area contributed by atoms with Crippen LogP contribution in [0.2, 0.25) is 0 Å². The Balaban J connectivity index is 2.32. The summed E-state index contributed by atoms with van der Waals surface area (Å²) in [5, 5.41) is 10.1. The zero-order chi connectivity index (χ0) is 14.0. The minimum Gasteiger partial charge on any atom is -0.370 e. The van der Waals surface area contributed by atoms with E-state index in [-0.39, 0.29) is 0 Å². The number of aromatic amines is 1. The van der Waals surface area contributed by atoms with E-state index in [1.807, 2.05) is 38.1 Å². The highest BCUT2D eigenvalue weighted by molar-refractivity contribution is 9.10. The molecular weight excluding hydrogens is 308 g/mol. The first-order valence-electron chi connectivity index (χ1n) is 5.82. The molecule has 5 nitrogen and oxygen atoms in total. The van der Waals surface area contributed by atoms with Crippen molar-refractivity contribution in [2.75, 3.05) is 5.32 Å². The minimum atomic E-state index is -0.597. The average molecular weight is 323 g/mol. The fourth-order valence-electron chi connectivity index (χ4n) is 1.98. The topological polar surface area (TPSA) is 83.8 Å². The number of carbonyl (C=O) groups excluding carboxylic acids is 1. The summed E-state index contributed by atoms with van der Waals surface area (Å²) >= 11 is 3.37. The molecule has 2 rings (SSSR count). The van der Waals surface area contributed by atoms with E-state index < -0.39 is 11.9 Å². The molecule has 1 aromatic carbocycles. The number of aryl methyl sites for hydroxylation is 2. The molecule has 0 saturated carbocycles. The van der Waals surface area contributed by atoms with Crippen molar-refractivity contribution in [3.05, 3.63) is 45.7 Å². The van der Waals surface area contributed by atoms with Crippen molar-refractivity contribution in [3.8, 4) is 0 Å². The molecule has 6 heteroatoms. The third kappa shape index (κ3) is 2.96. The Hall–Kier alpha value is -1.82. The lowest BCUT2D eigenvalue weighted by Gasteiger charge is -2.17. The number of nitrogens with two attached hydrogens (primary N) is 1. The van der Waals surface area contributed by atoms with Gasteiger partial charge in [0.25, 0.3) is 0 Å². The van der Waals surface area contributed by atoms with Gasteiger partial charge in [-0.3, -0.25) is 9.89 Å². The Morgan fingerprint density at radius 3 is 2.47 bits per heavy atom. The van der Waals surface area contributed by atoms with Crippen LogP contribution in [0.25, 0.3) is 0 Å². The lowest BCUT2D eigenvalue weighted by molar-refractivity contribution is -0.118. The first-order valence-corrected chi connectivity index (χ1v) is 6.61. The summed E-state index contributed by atoms with van der Waals surface area (Å²) < 4.78 is 0.976. The van der Waals surface area contributed by atoms with E-state index >= 15 is 0 Å². The Bertz CT molecular complexity index is 572. The number of amides is 1. The molecule has 0 aliphatic carbocycles. The van der Waals surface area contributed by atoms with E-state index in [2.05, 4.69) is 31.4 Å². The number of nitrogens with zero attached hydrogens (tertiary/aromatic N) is 1. The van der Waals surface area contributed by atoms with E-state index in [9.17, 15) is 4.79 Å². The molecular formula is C13H15BrN4O. The van der Waals surface area contributed by atoms with Gasteiger partial charge in [-0.05, 0) is 38.1 Å². The van der Waals surface area contributed by atoms with E-state index in [4.69, 9.17) is 5.73 Å². The molecule has 0 radical (unpaired) electrons. The number of primary amides is 1. The molecule has 0 bridgehead atoms. The van der Waals surface area contributed by atoms with Crippen molar-refractivity contribution in [1.82, 2.24) is 10.2 Å². The Morgan fingerprint density at radius 1 is 1.37 bits per heavy atom. The summed E-state index contributed by atoms with van der Waals surface area (Å²) in [6.07, 6.45) is 0. The van der Waals surface area contributed by atoms with Crippen LogP contribution >= 0.6 is 15.9 Å². The summed E-state index contributed by atoms with van der Waals surface area (Å²) in [6.45, 7) is 3.71. The van der Waals surface area contributed by atoms with Gasteiger partial charge in [0.1, 0.15) is 6.04 Å². The van der Waals surface area contributed by atoms with Gasteiger partial charge in [-0.1, -0.05) is 15.9 Å². The van der Waals surface area contributed by atoms with Crippen LogP contribution in [-0.4, -0.2) is 16.1 Å². The van der Waals surface area contributed by atoms with Gasteiger partial charge in [0.2, 0.25) is 5.91 Å². The highest BCUT2D eigenvalue weighted by atomic mass is 79.9. The molecule has 19 heavy (non-hydrogen) atoms. The van der Waals surface area contributed by atoms with E-state index in [1.54, 1.807) is 0 Å². The maximum absolute atomic E-state index is 11.7. The number of aromatic nitrogens is 2. The van der Waals surface area contributed by atoms with Gasteiger partial charge in [-0.25, -0.2) is 0 Å². The molecule has 4 N–H and O–H groups in total. The fraction of sp³-hybridized carbons (Fsp3) is 0.231. The highest BCUT2D eigenvalue weighted by Crippen LogP contribution is 2.24. The second-order valence-electron chi connectivity index (χ2n) is 4.33. The second-order valence-corrected chi connectivity index (χ2v) is 5.25. The van der Waals surface area contributed by atoms with Gasteiger partial charge < -0.3 is 11.1 Å². The maximum atomic E-state index is 11.7. The maximum Gasteiger partial charge on any atom is 0.244 e. The number of hydrogen-bond acceptors (Lipinski definition) is 3. The van der Waals surface area contributed by atoms with E-state index in [0.717, 1.165) is 27.1 Å².